The summed E-state index contributed by atoms with van der Waals surface area (Å²) in [6.45, 7) is 10.4. The van der Waals surface area contributed by atoms with Gasteiger partial charge in [0.05, 0.1) is 7.11 Å². The number of nitrogens with zero attached hydrogens (tertiary/aromatic N) is 1. The minimum atomic E-state index is 0.0302. The SMILES string of the molecule is COc1ccc2c(c1)C1(CC1)CN(C(=O)NC1CC(C)(C)NC(C)(C)C1)C2. The second-order valence-corrected chi connectivity index (χ2v) is 10.1. The van der Waals surface area contributed by atoms with Gasteiger partial charge in [-0.15, -0.1) is 0 Å². The first-order chi connectivity index (χ1) is 12.6. The molecule has 1 aliphatic carbocycles. The number of piperidine rings is 1. The number of rotatable bonds is 2. The lowest BCUT2D eigenvalue weighted by Crippen LogP contribution is -2.63. The highest BCUT2D eigenvalue weighted by atomic mass is 16.5. The molecule has 1 aromatic carbocycles. The van der Waals surface area contributed by atoms with Crippen LogP contribution in [0.25, 0.3) is 0 Å². The van der Waals surface area contributed by atoms with Crippen molar-refractivity contribution in [2.24, 2.45) is 0 Å². The summed E-state index contributed by atoms with van der Waals surface area (Å²) < 4.78 is 5.42. The molecule has 3 aliphatic rings. The molecule has 2 aliphatic heterocycles. The van der Waals surface area contributed by atoms with E-state index in [4.69, 9.17) is 4.74 Å². The number of benzene rings is 1. The summed E-state index contributed by atoms with van der Waals surface area (Å²) in [7, 11) is 1.71. The van der Waals surface area contributed by atoms with Gasteiger partial charge in [-0.2, -0.15) is 0 Å². The van der Waals surface area contributed by atoms with E-state index in [2.05, 4.69) is 50.5 Å². The molecule has 2 heterocycles. The lowest BCUT2D eigenvalue weighted by Gasteiger charge is -2.47. The number of hydrogen-bond acceptors (Lipinski definition) is 3. The van der Waals surface area contributed by atoms with Crippen molar-refractivity contribution >= 4 is 6.03 Å². The van der Waals surface area contributed by atoms with Gasteiger partial charge in [0.1, 0.15) is 5.75 Å². The van der Waals surface area contributed by atoms with Gasteiger partial charge in [-0.05, 0) is 76.6 Å². The van der Waals surface area contributed by atoms with Crippen LogP contribution in [0.4, 0.5) is 4.79 Å². The second-order valence-electron chi connectivity index (χ2n) is 10.1. The third-order valence-corrected chi connectivity index (χ3v) is 6.40. The highest BCUT2D eigenvalue weighted by Crippen LogP contribution is 2.53. The Kier molecular flexibility index (Phi) is 4.22. The van der Waals surface area contributed by atoms with Gasteiger partial charge in [-0.25, -0.2) is 4.79 Å². The lowest BCUT2D eigenvalue weighted by atomic mass is 9.79. The normalized spacial score (nSPS) is 25.0. The van der Waals surface area contributed by atoms with E-state index in [1.807, 2.05) is 11.0 Å². The van der Waals surface area contributed by atoms with Gasteiger partial charge in [0, 0.05) is 35.6 Å². The molecule has 1 aromatic rings. The molecule has 0 atom stereocenters. The quantitative estimate of drug-likeness (QED) is 0.836. The van der Waals surface area contributed by atoms with Crippen LogP contribution in [0.2, 0.25) is 0 Å². The molecule has 0 unspecified atom stereocenters. The van der Waals surface area contributed by atoms with Crippen LogP contribution >= 0.6 is 0 Å². The number of hydrogen-bond donors (Lipinski definition) is 2. The van der Waals surface area contributed by atoms with Crippen LogP contribution < -0.4 is 15.4 Å². The molecule has 148 valence electrons. The predicted octanol–water partition coefficient (Wildman–Crippen LogP) is 3.56. The van der Waals surface area contributed by atoms with Gasteiger partial charge >= 0.3 is 6.03 Å². The fraction of sp³-hybridized carbons (Fsp3) is 0.682. The average molecular weight is 372 g/mol. The molecule has 2 amide bonds. The van der Waals surface area contributed by atoms with E-state index in [1.54, 1.807) is 7.11 Å². The Hall–Kier alpha value is -1.75. The molecule has 5 nitrogen and oxygen atoms in total. The maximum atomic E-state index is 13.1. The molecule has 1 spiro atoms. The van der Waals surface area contributed by atoms with Crippen LogP contribution in [0.15, 0.2) is 18.2 Å². The molecule has 27 heavy (non-hydrogen) atoms. The number of urea groups is 1. The van der Waals surface area contributed by atoms with Gasteiger partial charge < -0.3 is 20.3 Å². The van der Waals surface area contributed by atoms with Crippen molar-refractivity contribution in [1.29, 1.82) is 0 Å². The van der Waals surface area contributed by atoms with Crippen LogP contribution in [-0.2, 0) is 12.0 Å². The summed E-state index contributed by atoms with van der Waals surface area (Å²) in [5.41, 5.74) is 2.85. The van der Waals surface area contributed by atoms with Crippen LogP contribution in [0.1, 0.15) is 64.5 Å². The van der Waals surface area contributed by atoms with E-state index < -0.39 is 0 Å². The minimum Gasteiger partial charge on any atom is -0.497 e. The molecule has 5 heteroatoms. The third kappa shape index (κ3) is 3.66. The molecule has 1 saturated carbocycles. The van der Waals surface area contributed by atoms with Gasteiger partial charge in [0.15, 0.2) is 0 Å². The van der Waals surface area contributed by atoms with E-state index in [1.165, 1.54) is 11.1 Å². The molecule has 0 bridgehead atoms. The van der Waals surface area contributed by atoms with Gasteiger partial charge in [0.2, 0.25) is 0 Å². The van der Waals surface area contributed by atoms with Crippen LogP contribution in [0.3, 0.4) is 0 Å². The fourth-order valence-corrected chi connectivity index (χ4v) is 5.44. The highest BCUT2D eigenvalue weighted by Gasteiger charge is 2.50. The predicted molar refractivity (Wildman–Crippen MR) is 107 cm³/mol. The van der Waals surface area contributed by atoms with Gasteiger partial charge in [0.25, 0.3) is 0 Å². The molecule has 4 rings (SSSR count). The zero-order chi connectivity index (χ0) is 19.4. The molecule has 2 fully saturated rings. The largest absolute Gasteiger partial charge is 0.497 e. The molecule has 0 aromatic heterocycles. The number of amides is 2. The van der Waals surface area contributed by atoms with E-state index in [-0.39, 0.29) is 28.6 Å². The van der Waals surface area contributed by atoms with Gasteiger partial charge in [-0.3, -0.25) is 0 Å². The molecule has 1 saturated heterocycles. The number of nitrogens with one attached hydrogen (secondary N) is 2. The van der Waals surface area contributed by atoms with Crippen molar-refractivity contribution in [2.75, 3.05) is 13.7 Å². The van der Waals surface area contributed by atoms with Crippen LogP contribution in [-0.4, -0.2) is 41.7 Å². The molecule has 2 N–H and O–H groups in total. The maximum absolute atomic E-state index is 13.1. The van der Waals surface area contributed by atoms with Crippen molar-refractivity contribution in [3.8, 4) is 5.75 Å². The topological polar surface area (TPSA) is 53.6 Å². The Balaban J connectivity index is 1.49. The Bertz CT molecular complexity index is 736. The fourth-order valence-electron chi connectivity index (χ4n) is 5.44. The Morgan fingerprint density at radius 3 is 2.44 bits per heavy atom. The molecular weight excluding hydrogens is 338 g/mol. The summed E-state index contributed by atoms with van der Waals surface area (Å²) in [6.07, 6.45) is 4.22. The average Bonchev–Trinajstić information content (AvgIpc) is 3.31. The summed E-state index contributed by atoms with van der Waals surface area (Å²) in [4.78, 5) is 15.1. The van der Waals surface area contributed by atoms with Crippen LogP contribution in [0.5, 0.6) is 5.75 Å². The van der Waals surface area contributed by atoms with E-state index in [0.717, 1.165) is 38.0 Å². The van der Waals surface area contributed by atoms with E-state index in [9.17, 15) is 4.79 Å². The first-order valence-corrected chi connectivity index (χ1v) is 10.1. The van der Waals surface area contributed by atoms with E-state index >= 15 is 0 Å². The number of carbonyl (C=O) groups is 1. The smallest absolute Gasteiger partial charge is 0.317 e. The Morgan fingerprint density at radius 2 is 1.85 bits per heavy atom. The third-order valence-electron chi connectivity index (χ3n) is 6.40. The maximum Gasteiger partial charge on any atom is 0.317 e. The summed E-state index contributed by atoms with van der Waals surface area (Å²) >= 11 is 0. The van der Waals surface area contributed by atoms with E-state index in [0.29, 0.717) is 6.54 Å². The van der Waals surface area contributed by atoms with Crippen molar-refractivity contribution in [3.63, 3.8) is 0 Å². The first-order valence-electron chi connectivity index (χ1n) is 10.1. The zero-order valence-corrected chi connectivity index (χ0v) is 17.3. The number of methoxy groups -OCH3 is 1. The van der Waals surface area contributed by atoms with Crippen molar-refractivity contribution < 1.29 is 9.53 Å². The zero-order valence-electron chi connectivity index (χ0n) is 17.3. The molecule has 0 radical (unpaired) electrons. The van der Waals surface area contributed by atoms with Crippen LogP contribution in [0, 0.1) is 0 Å². The van der Waals surface area contributed by atoms with Crippen molar-refractivity contribution in [1.82, 2.24) is 15.5 Å². The highest BCUT2D eigenvalue weighted by molar-refractivity contribution is 5.75. The van der Waals surface area contributed by atoms with Crippen molar-refractivity contribution in [2.45, 2.75) is 82.5 Å². The monoisotopic (exact) mass is 371 g/mol. The Morgan fingerprint density at radius 1 is 1.19 bits per heavy atom. The summed E-state index contributed by atoms with van der Waals surface area (Å²) in [5, 5.41) is 7.03. The number of ether oxygens (including phenoxy) is 1. The standard InChI is InChI=1S/C22H33N3O2/c1-20(2)11-16(12-21(3,4)24-20)23-19(26)25-13-15-6-7-17(27-5)10-18(15)22(14-25)8-9-22/h6-7,10,16,24H,8-9,11-14H2,1-5H3,(H,23,26). The first kappa shape index (κ1) is 18.6. The van der Waals surface area contributed by atoms with Gasteiger partial charge in [-0.1, -0.05) is 6.07 Å². The second kappa shape index (κ2) is 6.13. The number of fused-ring (bicyclic) bond motifs is 2. The summed E-state index contributed by atoms with van der Waals surface area (Å²) in [5.74, 6) is 0.914. The lowest BCUT2D eigenvalue weighted by molar-refractivity contribution is 0.135. The summed E-state index contributed by atoms with van der Waals surface area (Å²) in [6, 6.07) is 6.60. The molecular formula is C22H33N3O2. The Labute approximate surface area is 162 Å². The number of carbonyl (C=O) groups excluding carboxylic acids is 1. The van der Waals surface area contributed by atoms with Crippen molar-refractivity contribution in [3.05, 3.63) is 29.3 Å². The minimum absolute atomic E-state index is 0.0302.